The number of rotatable bonds is 3. The summed E-state index contributed by atoms with van der Waals surface area (Å²) in [4.78, 5) is 13.7. The number of alkyl halides is 5. The summed E-state index contributed by atoms with van der Waals surface area (Å²) >= 11 is 0. The van der Waals surface area contributed by atoms with Crippen molar-refractivity contribution in [3.8, 4) is 0 Å². The van der Waals surface area contributed by atoms with Crippen molar-refractivity contribution in [2.75, 3.05) is 7.11 Å². The van der Waals surface area contributed by atoms with E-state index >= 15 is 0 Å². The molecule has 0 amide bonds. The van der Waals surface area contributed by atoms with E-state index in [1.54, 1.807) is 0 Å². The van der Waals surface area contributed by atoms with Gasteiger partial charge in [0.25, 0.3) is 6.43 Å². The number of carbonyl (C=O) groups excluding carboxylic acids is 1. The lowest BCUT2D eigenvalue weighted by molar-refractivity contribution is -0.141. The van der Waals surface area contributed by atoms with Gasteiger partial charge in [0.15, 0.2) is 5.82 Å². The Morgan fingerprint density at radius 2 is 2.00 bits per heavy atom. The van der Waals surface area contributed by atoms with E-state index in [0.717, 1.165) is 7.11 Å². The fraction of sp³-hybridized carbons (Fsp3) is 0.400. The lowest BCUT2D eigenvalue weighted by atomic mass is 10.0. The molecule has 0 aromatic carbocycles. The summed E-state index contributed by atoms with van der Waals surface area (Å²) < 4.78 is 80.1. The smallest absolute Gasteiger partial charge is 0.418 e. The standard InChI is InChI=1S/C10H7F6NO2/c1-19-6(18)2-4-5(10(14,15)16)3-17-8(7(4)11)9(12)13/h3,9H,2H2,1H3. The molecule has 0 spiro atoms. The molecule has 1 rings (SSSR count). The summed E-state index contributed by atoms with van der Waals surface area (Å²) in [5, 5.41) is 0. The molecule has 3 nitrogen and oxygen atoms in total. The molecule has 0 unspecified atom stereocenters. The summed E-state index contributed by atoms with van der Waals surface area (Å²) in [6.45, 7) is 0. The first-order valence-electron chi connectivity index (χ1n) is 4.78. The molecule has 0 aliphatic carbocycles. The highest BCUT2D eigenvalue weighted by atomic mass is 19.4. The second kappa shape index (κ2) is 5.45. The van der Waals surface area contributed by atoms with Crippen LogP contribution in [0.4, 0.5) is 26.3 Å². The largest absolute Gasteiger partial charge is 0.469 e. The van der Waals surface area contributed by atoms with Gasteiger partial charge in [-0.2, -0.15) is 13.2 Å². The van der Waals surface area contributed by atoms with Crippen LogP contribution in [0.5, 0.6) is 0 Å². The Bertz CT molecular complexity index is 486. The third kappa shape index (κ3) is 3.36. The molecule has 0 fully saturated rings. The number of halogens is 6. The number of aromatic nitrogens is 1. The van der Waals surface area contributed by atoms with Crippen molar-refractivity contribution >= 4 is 5.97 Å². The first-order chi connectivity index (χ1) is 8.68. The molecule has 1 aromatic rings. The van der Waals surface area contributed by atoms with Crippen molar-refractivity contribution in [2.24, 2.45) is 0 Å². The van der Waals surface area contributed by atoms with Crippen molar-refractivity contribution < 1.29 is 35.9 Å². The van der Waals surface area contributed by atoms with Gasteiger partial charge in [0.05, 0.1) is 19.1 Å². The van der Waals surface area contributed by atoms with Gasteiger partial charge >= 0.3 is 12.1 Å². The number of hydrogen-bond acceptors (Lipinski definition) is 3. The minimum Gasteiger partial charge on any atom is -0.469 e. The van der Waals surface area contributed by atoms with Crippen LogP contribution in [0.2, 0.25) is 0 Å². The number of nitrogens with zero attached hydrogens (tertiary/aromatic N) is 1. The molecule has 0 radical (unpaired) electrons. The van der Waals surface area contributed by atoms with E-state index in [1.807, 2.05) is 0 Å². The van der Waals surface area contributed by atoms with E-state index in [0.29, 0.717) is 0 Å². The Labute approximate surface area is 103 Å². The molecular formula is C10H7F6NO2. The van der Waals surface area contributed by atoms with Crippen LogP contribution in [0, 0.1) is 5.82 Å². The van der Waals surface area contributed by atoms with Crippen LogP contribution in [0.1, 0.15) is 23.2 Å². The summed E-state index contributed by atoms with van der Waals surface area (Å²) in [5.41, 5.74) is -4.23. The summed E-state index contributed by atoms with van der Waals surface area (Å²) in [5.74, 6) is -3.04. The molecule has 19 heavy (non-hydrogen) atoms. The Morgan fingerprint density at radius 1 is 1.42 bits per heavy atom. The van der Waals surface area contributed by atoms with Gasteiger partial charge in [-0.25, -0.2) is 13.2 Å². The zero-order valence-electron chi connectivity index (χ0n) is 9.39. The number of pyridine rings is 1. The lowest BCUT2D eigenvalue weighted by Crippen LogP contribution is -2.17. The van der Waals surface area contributed by atoms with Gasteiger partial charge in [-0.05, 0) is 0 Å². The van der Waals surface area contributed by atoms with Crippen LogP contribution in [-0.4, -0.2) is 18.1 Å². The second-order valence-corrected chi connectivity index (χ2v) is 3.40. The topological polar surface area (TPSA) is 39.2 Å². The number of hydrogen-bond donors (Lipinski definition) is 0. The zero-order chi connectivity index (χ0) is 14.8. The minimum atomic E-state index is -5.02. The predicted octanol–water partition coefficient (Wildman–Crippen LogP) is 2.89. The first-order valence-corrected chi connectivity index (χ1v) is 4.78. The van der Waals surface area contributed by atoms with Crippen LogP contribution < -0.4 is 0 Å². The van der Waals surface area contributed by atoms with Crippen molar-refractivity contribution in [1.29, 1.82) is 0 Å². The average Bonchev–Trinajstić information content (AvgIpc) is 2.29. The summed E-state index contributed by atoms with van der Waals surface area (Å²) in [6, 6.07) is 0. The fourth-order valence-electron chi connectivity index (χ4n) is 1.33. The van der Waals surface area contributed by atoms with Gasteiger partial charge in [-0.1, -0.05) is 0 Å². The molecule has 0 saturated carbocycles. The van der Waals surface area contributed by atoms with Crippen LogP contribution in [0.25, 0.3) is 0 Å². The Kier molecular flexibility index (Phi) is 4.38. The van der Waals surface area contributed by atoms with E-state index in [-0.39, 0.29) is 6.20 Å². The van der Waals surface area contributed by atoms with Crippen LogP contribution in [-0.2, 0) is 22.1 Å². The quantitative estimate of drug-likeness (QED) is 0.634. The molecule has 0 aliphatic heterocycles. The van der Waals surface area contributed by atoms with Crippen molar-refractivity contribution in [1.82, 2.24) is 4.98 Å². The maximum atomic E-state index is 13.6. The van der Waals surface area contributed by atoms with Crippen LogP contribution in [0.15, 0.2) is 6.20 Å². The van der Waals surface area contributed by atoms with Gasteiger partial charge < -0.3 is 4.74 Å². The predicted molar refractivity (Wildman–Crippen MR) is 49.9 cm³/mol. The fourth-order valence-corrected chi connectivity index (χ4v) is 1.33. The normalized spacial score (nSPS) is 11.8. The summed E-state index contributed by atoms with van der Waals surface area (Å²) in [6.07, 6.45) is -9.45. The molecule has 1 heterocycles. The van der Waals surface area contributed by atoms with E-state index in [9.17, 15) is 31.1 Å². The van der Waals surface area contributed by atoms with E-state index in [1.165, 1.54) is 0 Å². The molecule has 9 heteroatoms. The number of methoxy groups -OCH3 is 1. The van der Waals surface area contributed by atoms with E-state index in [2.05, 4.69) is 9.72 Å². The van der Waals surface area contributed by atoms with Crippen molar-refractivity contribution in [3.05, 3.63) is 28.8 Å². The monoisotopic (exact) mass is 287 g/mol. The number of carbonyl (C=O) groups is 1. The van der Waals surface area contributed by atoms with Gasteiger partial charge in [0, 0.05) is 11.8 Å². The average molecular weight is 287 g/mol. The maximum Gasteiger partial charge on any atom is 0.418 e. The zero-order valence-corrected chi connectivity index (χ0v) is 9.39. The van der Waals surface area contributed by atoms with Crippen molar-refractivity contribution in [3.63, 3.8) is 0 Å². The molecule has 0 atom stereocenters. The van der Waals surface area contributed by atoms with Crippen molar-refractivity contribution in [2.45, 2.75) is 19.0 Å². The molecule has 1 aromatic heterocycles. The van der Waals surface area contributed by atoms with E-state index in [4.69, 9.17) is 0 Å². The van der Waals surface area contributed by atoms with Gasteiger partial charge in [0.2, 0.25) is 0 Å². The maximum absolute atomic E-state index is 13.6. The van der Waals surface area contributed by atoms with Crippen LogP contribution in [0.3, 0.4) is 0 Å². The molecule has 0 aliphatic rings. The summed E-state index contributed by atoms with van der Waals surface area (Å²) in [7, 11) is 0.878. The Balaban J connectivity index is 3.42. The van der Waals surface area contributed by atoms with Gasteiger partial charge in [-0.3, -0.25) is 9.78 Å². The second-order valence-electron chi connectivity index (χ2n) is 3.40. The third-order valence-corrected chi connectivity index (χ3v) is 2.21. The van der Waals surface area contributed by atoms with Crippen LogP contribution >= 0.6 is 0 Å². The Morgan fingerprint density at radius 3 is 2.42 bits per heavy atom. The van der Waals surface area contributed by atoms with Gasteiger partial charge in [-0.15, -0.1) is 0 Å². The lowest BCUT2D eigenvalue weighted by Gasteiger charge is -2.14. The molecule has 0 bridgehead atoms. The molecule has 0 N–H and O–H groups in total. The highest BCUT2D eigenvalue weighted by Gasteiger charge is 2.37. The third-order valence-electron chi connectivity index (χ3n) is 2.21. The highest BCUT2D eigenvalue weighted by Crippen LogP contribution is 2.35. The molecule has 106 valence electrons. The molecule has 0 saturated heterocycles. The van der Waals surface area contributed by atoms with E-state index < -0.39 is 47.6 Å². The number of esters is 1. The molecular weight excluding hydrogens is 280 g/mol. The number of ether oxygens (including phenoxy) is 1. The first kappa shape index (κ1) is 15.3. The van der Waals surface area contributed by atoms with Gasteiger partial charge in [0.1, 0.15) is 5.69 Å². The Hall–Kier alpha value is -1.80. The highest BCUT2D eigenvalue weighted by molar-refractivity contribution is 5.73. The minimum absolute atomic E-state index is 0.0723. The SMILES string of the molecule is COC(=O)Cc1c(C(F)(F)F)cnc(C(F)F)c1F.